The number of piperazine rings is 1. The number of amides is 3. The van der Waals surface area contributed by atoms with Gasteiger partial charge in [0.2, 0.25) is 27.7 Å². The van der Waals surface area contributed by atoms with Gasteiger partial charge in [0.05, 0.1) is 16.7 Å². The molecular weight excluding hydrogens is 432 g/mol. The third-order valence-corrected chi connectivity index (χ3v) is 8.98. The molecule has 32 heavy (non-hydrogen) atoms. The predicted molar refractivity (Wildman–Crippen MR) is 116 cm³/mol. The summed E-state index contributed by atoms with van der Waals surface area (Å²) in [5.74, 6) is -1.60. The van der Waals surface area contributed by atoms with Gasteiger partial charge in [-0.3, -0.25) is 19.3 Å². The molecule has 2 heterocycles. The van der Waals surface area contributed by atoms with Crippen LogP contribution in [-0.4, -0.2) is 80.0 Å². The normalized spacial score (nSPS) is 30.2. The second kappa shape index (κ2) is 7.79. The second-order valence-corrected chi connectivity index (χ2v) is 11.0. The smallest absolute Gasteiger partial charge is 0.244 e. The van der Waals surface area contributed by atoms with E-state index in [2.05, 4.69) is 10.2 Å². The Balaban J connectivity index is 1.26. The van der Waals surface area contributed by atoms with Crippen LogP contribution in [0.5, 0.6) is 0 Å². The van der Waals surface area contributed by atoms with E-state index in [-0.39, 0.29) is 46.9 Å². The fourth-order valence-corrected chi connectivity index (χ4v) is 6.84. The molecule has 0 radical (unpaired) electrons. The zero-order valence-corrected chi connectivity index (χ0v) is 18.6. The fourth-order valence-electron chi connectivity index (χ4n) is 5.38. The van der Waals surface area contributed by atoms with E-state index >= 15 is 0 Å². The first-order valence-corrected chi connectivity index (χ1v) is 12.3. The van der Waals surface area contributed by atoms with Gasteiger partial charge >= 0.3 is 0 Å². The maximum absolute atomic E-state index is 13.0. The number of hydrogen-bond acceptors (Lipinski definition) is 6. The number of benzene rings is 1. The van der Waals surface area contributed by atoms with E-state index in [0.29, 0.717) is 31.9 Å². The Labute approximate surface area is 187 Å². The highest BCUT2D eigenvalue weighted by Crippen LogP contribution is 2.52. The lowest BCUT2D eigenvalue weighted by Gasteiger charge is -2.31. The number of rotatable bonds is 5. The number of nitrogens with one attached hydrogen (secondary N) is 1. The van der Waals surface area contributed by atoms with Crippen molar-refractivity contribution in [2.75, 3.05) is 45.1 Å². The number of fused-ring (bicyclic) bond motifs is 5. The van der Waals surface area contributed by atoms with Crippen molar-refractivity contribution >= 4 is 33.4 Å². The third-order valence-electron chi connectivity index (χ3n) is 7.08. The summed E-state index contributed by atoms with van der Waals surface area (Å²) in [5.41, 5.74) is 0.311. The van der Waals surface area contributed by atoms with Crippen LogP contribution in [0.4, 0.5) is 5.69 Å². The lowest BCUT2D eigenvalue weighted by molar-refractivity contribution is -0.143. The molecule has 2 aliphatic carbocycles. The van der Waals surface area contributed by atoms with Crippen LogP contribution in [0.25, 0.3) is 0 Å². The summed E-state index contributed by atoms with van der Waals surface area (Å²) in [4.78, 5) is 41.4. The summed E-state index contributed by atoms with van der Waals surface area (Å²) in [6.45, 7) is 1.78. The van der Waals surface area contributed by atoms with Crippen molar-refractivity contribution < 1.29 is 22.8 Å². The number of carbonyl (C=O) groups is 3. The first-order valence-electron chi connectivity index (χ1n) is 10.9. The summed E-state index contributed by atoms with van der Waals surface area (Å²) in [5, 5.41) is 2.64. The van der Waals surface area contributed by atoms with E-state index in [1.807, 2.05) is 19.2 Å². The molecule has 1 aromatic carbocycles. The van der Waals surface area contributed by atoms with Gasteiger partial charge in [-0.25, -0.2) is 8.42 Å². The number of carbonyl (C=O) groups excluding carboxylic acids is 3. The van der Waals surface area contributed by atoms with Crippen LogP contribution in [-0.2, 0) is 24.4 Å². The van der Waals surface area contributed by atoms with Gasteiger partial charge in [-0.1, -0.05) is 18.2 Å². The fraction of sp³-hybridized carbons (Fsp3) is 0.500. The Bertz CT molecular complexity index is 1080. The molecule has 0 aromatic heterocycles. The summed E-state index contributed by atoms with van der Waals surface area (Å²) in [6, 6.07) is 6.07. The Morgan fingerprint density at radius 2 is 1.66 bits per heavy atom. The van der Waals surface area contributed by atoms with Crippen LogP contribution >= 0.6 is 0 Å². The molecule has 4 aliphatic rings. The van der Waals surface area contributed by atoms with Crippen LogP contribution in [0.1, 0.15) is 6.42 Å². The molecule has 0 spiro atoms. The van der Waals surface area contributed by atoms with Crippen molar-refractivity contribution in [2.45, 2.75) is 11.3 Å². The van der Waals surface area contributed by atoms with E-state index in [1.54, 1.807) is 12.1 Å². The molecule has 2 saturated heterocycles. The van der Waals surface area contributed by atoms with Crippen LogP contribution in [0.3, 0.4) is 0 Å². The van der Waals surface area contributed by atoms with Crippen molar-refractivity contribution in [3.8, 4) is 0 Å². The number of hydrogen-bond donors (Lipinski definition) is 1. The number of likely N-dealkylation sites (N-methyl/N-ethyl adjacent to an activating group) is 1. The van der Waals surface area contributed by atoms with Gasteiger partial charge in [0.25, 0.3) is 0 Å². The average Bonchev–Trinajstić information content (AvgIpc) is 3.44. The standard InChI is InChI=1S/C22H26N4O5S/c1-24-7-9-25(10-8-24)32(30,31)17-4-2-3-16(12-17)23-18(27)13-26-21(28)19-14-5-6-15(11-14)20(19)22(26)29/h2-6,12,14-15,19-20H,7-11,13H2,1H3,(H,23,27). The largest absolute Gasteiger partial charge is 0.324 e. The Morgan fingerprint density at radius 3 is 2.28 bits per heavy atom. The van der Waals surface area contributed by atoms with Gasteiger partial charge in [-0.15, -0.1) is 0 Å². The lowest BCUT2D eigenvalue weighted by Crippen LogP contribution is -2.47. The van der Waals surface area contributed by atoms with Gasteiger partial charge < -0.3 is 10.2 Å². The van der Waals surface area contributed by atoms with Gasteiger partial charge in [0.1, 0.15) is 6.54 Å². The Hall–Kier alpha value is -2.56. The zero-order valence-electron chi connectivity index (χ0n) is 17.8. The minimum atomic E-state index is -3.67. The van der Waals surface area contributed by atoms with E-state index in [4.69, 9.17) is 0 Å². The van der Waals surface area contributed by atoms with Gasteiger partial charge in [0, 0.05) is 31.9 Å². The van der Waals surface area contributed by atoms with Crippen LogP contribution in [0.2, 0.25) is 0 Å². The van der Waals surface area contributed by atoms with Crippen molar-refractivity contribution in [2.24, 2.45) is 23.7 Å². The number of anilines is 1. The molecule has 2 bridgehead atoms. The molecule has 1 aromatic rings. The van der Waals surface area contributed by atoms with E-state index in [9.17, 15) is 22.8 Å². The summed E-state index contributed by atoms with van der Waals surface area (Å²) in [6.07, 6.45) is 4.85. The maximum Gasteiger partial charge on any atom is 0.244 e. The number of nitrogens with zero attached hydrogens (tertiary/aromatic N) is 3. The summed E-state index contributed by atoms with van der Waals surface area (Å²) < 4.78 is 27.4. The lowest BCUT2D eigenvalue weighted by atomic mass is 9.85. The van der Waals surface area contributed by atoms with Crippen molar-refractivity contribution in [1.82, 2.24) is 14.1 Å². The molecule has 4 unspecified atom stereocenters. The third kappa shape index (κ3) is 3.46. The molecule has 10 heteroatoms. The summed E-state index contributed by atoms with van der Waals surface area (Å²) in [7, 11) is -1.72. The number of sulfonamides is 1. The van der Waals surface area contributed by atoms with Crippen LogP contribution in [0.15, 0.2) is 41.3 Å². The van der Waals surface area contributed by atoms with Gasteiger partial charge in [0.15, 0.2) is 0 Å². The second-order valence-electron chi connectivity index (χ2n) is 9.05. The molecule has 3 amide bonds. The van der Waals surface area contributed by atoms with E-state index in [0.717, 1.165) is 11.3 Å². The molecule has 3 fully saturated rings. The first-order chi connectivity index (χ1) is 15.3. The summed E-state index contributed by atoms with van der Waals surface area (Å²) >= 11 is 0. The molecular formula is C22H26N4O5S. The first kappa shape index (κ1) is 21.3. The predicted octanol–water partition coefficient (Wildman–Crippen LogP) is 0.368. The average molecular weight is 459 g/mol. The number of imide groups is 1. The van der Waals surface area contributed by atoms with E-state index < -0.39 is 15.9 Å². The molecule has 1 saturated carbocycles. The topological polar surface area (TPSA) is 107 Å². The Morgan fingerprint density at radius 1 is 1.03 bits per heavy atom. The molecule has 4 atom stereocenters. The SMILES string of the molecule is CN1CCN(S(=O)(=O)c2cccc(NC(=O)CN3C(=O)C4C5C=CC(C5)C4C3=O)c2)CC1. The highest BCUT2D eigenvalue weighted by Gasteiger charge is 2.59. The van der Waals surface area contributed by atoms with Gasteiger partial charge in [-0.2, -0.15) is 4.31 Å². The minimum Gasteiger partial charge on any atom is -0.324 e. The van der Waals surface area contributed by atoms with Crippen LogP contribution in [0, 0.1) is 23.7 Å². The molecule has 170 valence electrons. The minimum absolute atomic E-state index is 0.0889. The molecule has 9 nitrogen and oxygen atoms in total. The van der Waals surface area contributed by atoms with Crippen molar-refractivity contribution in [3.05, 3.63) is 36.4 Å². The molecule has 1 N–H and O–H groups in total. The van der Waals surface area contributed by atoms with Crippen molar-refractivity contribution in [1.29, 1.82) is 0 Å². The molecule has 5 rings (SSSR count). The van der Waals surface area contributed by atoms with Gasteiger partial charge in [-0.05, 0) is 43.5 Å². The van der Waals surface area contributed by atoms with E-state index in [1.165, 1.54) is 16.4 Å². The Kier molecular flexibility index (Phi) is 5.18. The molecule has 2 aliphatic heterocycles. The number of allylic oxidation sites excluding steroid dienone is 2. The highest BCUT2D eigenvalue weighted by molar-refractivity contribution is 7.89. The monoisotopic (exact) mass is 458 g/mol. The number of likely N-dealkylation sites (tertiary alicyclic amines) is 1. The highest BCUT2D eigenvalue weighted by atomic mass is 32.2. The quantitative estimate of drug-likeness (QED) is 0.505. The van der Waals surface area contributed by atoms with Crippen molar-refractivity contribution in [3.63, 3.8) is 0 Å². The maximum atomic E-state index is 13.0. The van der Waals surface area contributed by atoms with Crippen LogP contribution < -0.4 is 5.32 Å². The zero-order chi connectivity index (χ0) is 22.6.